The van der Waals surface area contributed by atoms with Crippen LogP contribution in [0, 0.1) is 12.7 Å². The standard InChI is InChI=1S/C15H11FN2O2/c1-8-3-2-4-10(13(8)16)14-17-11-6-5-9(15(19)20)7-12(11)18-14/h2-7H,1H3,(H,17,18)(H,19,20). The molecule has 4 nitrogen and oxygen atoms in total. The molecular formula is C15H11FN2O2. The van der Waals surface area contributed by atoms with E-state index in [4.69, 9.17) is 5.11 Å². The molecule has 0 saturated heterocycles. The number of H-pyrrole nitrogens is 1. The fraction of sp³-hybridized carbons (Fsp3) is 0.0667. The average molecular weight is 270 g/mol. The largest absolute Gasteiger partial charge is 0.478 e. The van der Waals surface area contributed by atoms with E-state index in [0.29, 0.717) is 28.0 Å². The number of carboxylic acids is 1. The van der Waals surface area contributed by atoms with Crippen LogP contribution < -0.4 is 0 Å². The van der Waals surface area contributed by atoms with Crippen molar-refractivity contribution in [2.24, 2.45) is 0 Å². The number of aromatic amines is 1. The van der Waals surface area contributed by atoms with Crippen LogP contribution in [-0.4, -0.2) is 21.0 Å². The van der Waals surface area contributed by atoms with E-state index in [1.54, 1.807) is 31.2 Å². The van der Waals surface area contributed by atoms with Crippen molar-refractivity contribution in [3.8, 4) is 11.4 Å². The third-order valence-electron chi connectivity index (χ3n) is 3.18. The number of benzene rings is 2. The number of hydrogen-bond donors (Lipinski definition) is 2. The maximum absolute atomic E-state index is 14.1. The van der Waals surface area contributed by atoms with Gasteiger partial charge in [-0.1, -0.05) is 12.1 Å². The van der Waals surface area contributed by atoms with Crippen molar-refractivity contribution >= 4 is 17.0 Å². The molecule has 3 aromatic rings. The van der Waals surface area contributed by atoms with E-state index in [9.17, 15) is 9.18 Å². The highest BCUT2D eigenvalue weighted by Gasteiger charge is 2.12. The molecule has 0 atom stereocenters. The van der Waals surface area contributed by atoms with Crippen molar-refractivity contribution in [1.82, 2.24) is 9.97 Å². The summed E-state index contributed by atoms with van der Waals surface area (Å²) in [5.74, 6) is -0.946. The lowest BCUT2D eigenvalue weighted by Gasteiger charge is -2.01. The molecule has 0 saturated carbocycles. The van der Waals surface area contributed by atoms with Crippen LogP contribution in [0.3, 0.4) is 0 Å². The first-order valence-corrected chi connectivity index (χ1v) is 6.05. The Morgan fingerprint density at radius 2 is 2.10 bits per heavy atom. The van der Waals surface area contributed by atoms with Gasteiger partial charge in [-0.25, -0.2) is 14.2 Å². The number of rotatable bonds is 2. The van der Waals surface area contributed by atoms with Gasteiger partial charge in [0.1, 0.15) is 11.6 Å². The van der Waals surface area contributed by atoms with Gasteiger partial charge in [0.25, 0.3) is 0 Å². The highest BCUT2D eigenvalue weighted by Crippen LogP contribution is 2.25. The molecule has 2 N–H and O–H groups in total. The predicted molar refractivity (Wildman–Crippen MR) is 73.2 cm³/mol. The monoisotopic (exact) mass is 270 g/mol. The summed E-state index contributed by atoms with van der Waals surface area (Å²) in [6.07, 6.45) is 0. The summed E-state index contributed by atoms with van der Waals surface area (Å²) in [5.41, 5.74) is 2.25. The molecule has 0 aliphatic rings. The van der Waals surface area contributed by atoms with E-state index in [1.165, 1.54) is 12.1 Å². The van der Waals surface area contributed by atoms with E-state index in [2.05, 4.69) is 9.97 Å². The van der Waals surface area contributed by atoms with Crippen LogP contribution in [0.2, 0.25) is 0 Å². The van der Waals surface area contributed by atoms with Crippen LogP contribution >= 0.6 is 0 Å². The molecule has 1 heterocycles. The Morgan fingerprint density at radius 1 is 1.30 bits per heavy atom. The zero-order chi connectivity index (χ0) is 14.3. The molecule has 0 aliphatic heterocycles. The minimum atomic E-state index is -1.01. The van der Waals surface area contributed by atoms with Gasteiger partial charge in [-0.05, 0) is 36.8 Å². The summed E-state index contributed by atoms with van der Waals surface area (Å²) in [6, 6.07) is 9.64. The number of halogens is 1. The van der Waals surface area contributed by atoms with E-state index >= 15 is 0 Å². The molecule has 0 radical (unpaired) electrons. The van der Waals surface area contributed by atoms with Crippen LogP contribution in [0.25, 0.3) is 22.4 Å². The van der Waals surface area contributed by atoms with Gasteiger partial charge < -0.3 is 10.1 Å². The fourth-order valence-corrected chi connectivity index (χ4v) is 2.10. The number of hydrogen-bond acceptors (Lipinski definition) is 2. The molecular weight excluding hydrogens is 259 g/mol. The van der Waals surface area contributed by atoms with Crippen molar-refractivity contribution in [2.45, 2.75) is 6.92 Å². The number of carbonyl (C=O) groups is 1. The highest BCUT2D eigenvalue weighted by molar-refractivity contribution is 5.93. The topological polar surface area (TPSA) is 66.0 Å². The van der Waals surface area contributed by atoms with Gasteiger partial charge >= 0.3 is 5.97 Å². The van der Waals surface area contributed by atoms with Gasteiger partial charge in [0, 0.05) is 0 Å². The van der Waals surface area contributed by atoms with E-state index < -0.39 is 5.97 Å². The summed E-state index contributed by atoms with van der Waals surface area (Å²) < 4.78 is 14.1. The van der Waals surface area contributed by atoms with Gasteiger partial charge in [-0.15, -0.1) is 0 Å². The minimum absolute atomic E-state index is 0.164. The first-order valence-electron chi connectivity index (χ1n) is 6.05. The highest BCUT2D eigenvalue weighted by atomic mass is 19.1. The Balaban J connectivity index is 2.18. The third kappa shape index (κ3) is 1.93. The Morgan fingerprint density at radius 3 is 2.85 bits per heavy atom. The lowest BCUT2D eigenvalue weighted by atomic mass is 10.1. The smallest absolute Gasteiger partial charge is 0.335 e. The molecule has 0 aliphatic carbocycles. The Hall–Kier alpha value is -2.69. The molecule has 20 heavy (non-hydrogen) atoms. The van der Waals surface area contributed by atoms with Crippen molar-refractivity contribution in [3.63, 3.8) is 0 Å². The van der Waals surface area contributed by atoms with E-state index in [0.717, 1.165) is 0 Å². The van der Waals surface area contributed by atoms with Gasteiger partial charge in [-0.3, -0.25) is 0 Å². The van der Waals surface area contributed by atoms with E-state index in [-0.39, 0.29) is 11.4 Å². The summed E-state index contributed by atoms with van der Waals surface area (Å²) in [5, 5.41) is 8.95. The van der Waals surface area contributed by atoms with Gasteiger partial charge in [0.2, 0.25) is 0 Å². The molecule has 0 unspecified atom stereocenters. The van der Waals surface area contributed by atoms with E-state index in [1.807, 2.05) is 0 Å². The van der Waals surface area contributed by atoms with Crippen molar-refractivity contribution in [1.29, 1.82) is 0 Å². The molecule has 3 rings (SSSR count). The first kappa shape index (κ1) is 12.3. The van der Waals surface area contributed by atoms with Gasteiger partial charge in [0.15, 0.2) is 0 Å². The Labute approximate surface area is 113 Å². The van der Waals surface area contributed by atoms with Gasteiger partial charge in [0.05, 0.1) is 22.2 Å². The summed E-state index contributed by atoms with van der Waals surface area (Å²) >= 11 is 0. The van der Waals surface area contributed by atoms with Crippen molar-refractivity contribution in [3.05, 3.63) is 53.3 Å². The molecule has 0 amide bonds. The Kier molecular flexibility index (Phi) is 2.75. The molecule has 0 spiro atoms. The first-order chi connectivity index (χ1) is 9.56. The fourth-order valence-electron chi connectivity index (χ4n) is 2.10. The van der Waals surface area contributed by atoms with Crippen LogP contribution in [0.5, 0.6) is 0 Å². The third-order valence-corrected chi connectivity index (χ3v) is 3.18. The number of aryl methyl sites for hydroxylation is 1. The number of fused-ring (bicyclic) bond motifs is 1. The number of nitrogens with zero attached hydrogens (tertiary/aromatic N) is 1. The molecule has 5 heteroatoms. The normalized spacial score (nSPS) is 10.9. The van der Waals surface area contributed by atoms with Crippen LogP contribution in [0.4, 0.5) is 4.39 Å². The van der Waals surface area contributed by atoms with Gasteiger partial charge in [-0.2, -0.15) is 0 Å². The zero-order valence-corrected chi connectivity index (χ0v) is 10.6. The molecule has 0 fully saturated rings. The number of nitrogens with one attached hydrogen (secondary N) is 1. The second-order valence-electron chi connectivity index (χ2n) is 4.56. The van der Waals surface area contributed by atoms with Crippen LogP contribution in [0.15, 0.2) is 36.4 Å². The Bertz CT molecular complexity index is 824. The zero-order valence-electron chi connectivity index (χ0n) is 10.6. The lowest BCUT2D eigenvalue weighted by Crippen LogP contribution is -1.94. The van der Waals surface area contributed by atoms with Crippen molar-refractivity contribution in [2.75, 3.05) is 0 Å². The second kappa shape index (κ2) is 4.45. The number of aromatic nitrogens is 2. The molecule has 0 bridgehead atoms. The number of aromatic carboxylic acids is 1. The summed E-state index contributed by atoms with van der Waals surface area (Å²) in [6.45, 7) is 1.68. The van der Waals surface area contributed by atoms with Crippen LogP contribution in [-0.2, 0) is 0 Å². The van der Waals surface area contributed by atoms with Crippen molar-refractivity contribution < 1.29 is 14.3 Å². The predicted octanol–water partition coefficient (Wildman–Crippen LogP) is 3.38. The minimum Gasteiger partial charge on any atom is -0.478 e. The SMILES string of the molecule is Cc1cccc(-c2nc3ccc(C(=O)O)cc3[nH]2)c1F. The lowest BCUT2D eigenvalue weighted by molar-refractivity contribution is 0.0697. The molecule has 1 aromatic heterocycles. The average Bonchev–Trinajstić information content (AvgIpc) is 2.84. The maximum Gasteiger partial charge on any atom is 0.335 e. The summed E-state index contributed by atoms with van der Waals surface area (Å²) in [7, 11) is 0. The molecule has 2 aromatic carbocycles. The van der Waals surface area contributed by atoms with Crippen LogP contribution in [0.1, 0.15) is 15.9 Å². The molecule has 100 valence electrons. The quantitative estimate of drug-likeness (QED) is 0.750. The summed E-state index contributed by atoms with van der Waals surface area (Å²) in [4.78, 5) is 18.2. The second-order valence-corrected chi connectivity index (χ2v) is 4.56. The number of imidazole rings is 1. The maximum atomic E-state index is 14.1. The number of carboxylic acid groups (broad SMARTS) is 1.